The van der Waals surface area contributed by atoms with Crippen molar-refractivity contribution in [2.45, 2.75) is 26.3 Å². The Labute approximate surface area is 107 Å². The van der Waals surface area contributed by atoms with Crippen LogP contribution in [-0.2, 0) is 27.3 Å². The van der Waals surface area contributed by atoms with E-state index in [1.54, 1.807) is 31.1 Å². The molecule has 1 aromatic heterocycles. The fourth-order valence-electron chi connectivity index (χ4n) is 1.39. The van der Waals surface area contributed by atoms with E-state index in [0.29, 0.717) is 0 Å². The van der Waals surface area contributed by atoms with Gasteiger partial charge in [0.1, 0.15) is 12.4 Å². The van der Waals surface area contributed by atoms with Crippen molar-refractivity contribution in [2.75, 3.05) is 20.7 Å². The van der Waals surface area contributed by atoms with E-state index in [1.807, 2.05) is 6.92 Å². The van der Waals surface area contributed by atoms with Gasteiger partial charge in [0, 0.05) is 32.9 Å². The summed E-state index contributed by atoms with van der Waals surface area (Å²) in [6, 6.07) is 0. The molecule has 0 aromatic carbocycles. The molecule has 0 aliphatic rings. The fraction of sp³-hybridized carbons (Fsp3) is 0.583. The maximum absolute atomic E-state index is 11.6. The van der Waals surface area contributed by atoms with Gasteiger partial charge < -0.3 is 14.2 Å². The molecule has 0 fully saturated rings. The highest BCUT2D eigenvalue weighted by atomic mass is 16.5. The Morgan fingerprint density at radius 1 is 1.44 bits per heavy atom. The molecule has 0 aliphatic carbocycles. The number of amides is 1. The zero-order chi connectivity index (χ0) is 13.5. The third-order valence-electron chi connectivity index (χ3n) is 2.43. The normalized spacial score (nSPS) is 10.2. The molecule has 1 heterocycles. The van der Waals surface area contributed by atoms with E-state index in [4.69, 9.17) is 4.74 Å². The van der Waals surface area contributed by atoms with Crippen molar-refractivity contribution in [3.8, 4) is 0 Å². The Morgan fingerprint density at radius 3 is 2.78 bits per heavy atom. The van der Waals surface area contributed by atoms with Crippen molar-refractivity contribution in [3.05, 3.63) is 18.2 Å². The van der Waals surface area contributed by atoms with Crippen LogP contribution in [0.2, 0.25) is 0 Å². The third kappa shape index (κ3) is 4.20. The number of esters is 1. The second-order valence-corrected chi connectivity index (χ2v) is 4.17. The molecule has 0 saturated carbocycles. The van der Waals surface area contributed by atoms with Crippen molar-refractivity contribution >= 4 is 11.9 Å². The van der Waals surface area contributed by atoms with Crippen LogP contribution in [0.4, 0.5) is 0 Å². The highest BCUT2D eigenvalue weighted by Gasteiger charge is 2.11. The molecule has 6 nitrogen and oxygen atoms in total. The minimum absolute atomic E-state index is 0.0933. The molecule has 6 heteroatoms. The molecule has 0 spiro atoms. The van der Waals surface area contributed by atoms with Gasteiger partial charge in [-0.15, -0.1) is 0 Å². The average molecular weight is 253 g/mol. The summed E-state index contributed by atoms with van der Waals surface area (Å²) < 4.78 is 6.63. The predicted molar refractivity (Wildman–Crippen MR) is 65.9 cm³/mol. The van der Waals surface area contributed by atoms with E-state index < -0.39 is 5.97 Å². The van der Waals surface area contributed by atoms with Crippen LogP contribution < -0.4 is 0 Å². The molecule has 1 rings (SSSR count). The number of ether oxygens (including phenoxy) is 1. The highest BCUT2D eigenvalue weighted by Crippen LogP contribution is 2.01. The number of hydrogen-bond donors (Lipinski definition) is 0. The third-order valence-corrected chi connectivity index (χ3v) is 2.43. The number of likely N-dealkylation sites (N-methyl/N-ethyl adjacent to an activating group) is 1. The molecular formula is C12H19N3O3. The zero-order valence-electron chi connectivity index (χ0n) is 11.0. The van der Waals surface area contributed by atoms with Crippen molar-refractivity contribution in [1.29, 1.82) is 0 Å². The van der Waals surface area contributed by atoms with Crippen molar-refractivity contribution in [1.82, 2.24) is 14.5 Å². The molecule has 0 radical (unpaired) electrons. The van der Waals surface area contributed by atoms with Gasteiger partial charge in [-0.2, -0.15) is 0 Å². The summed E-state index contributed by atoms with van der Waals surface area (Å²) in [6.07, 6.45) is 5.17. The summed E-state index contributed by atoms with van der Waals surface area (Å²) in [5, 5.41) is 0. The minimum Gasteiger partial charge on any atom is -0.454 e. The van der Waals surface area contributed by atoms with E-state index in [9.17, 15) is 9.59 Å². The van der Waals surface area contributed by atoms with Crippen LogP contribution in [0.5, 0.6) is 0 Å². The lowest BCUT2D eigenvalue weighted by atomic mass is 10.3. The summed E-state index contributed by atoms with van der Waals surface area (Å²) in [4.78, 5) is 28.3. The maximum atomic E-state index is 11.6. The first-order valence-corrected chi connectivity index (χ1v) is 5.90. The van der Waals surface area contributed by atoms with Crippen molar-refractivity contribution in [3.63, 3.8) is 0 Å². The summed E-state index contributed by atoms with van der Waals surface area (Å²) in [5.74, 6) is 0.191. The Balaban J connectivity index is 2.44. The van der Waals surface area contributed by atoms with Crippen molar-refractivity contribution in [2.24, 2.45) is 0 Å². The number of imidazole rings is 1. The molecule has 0 saturated heterocycles. The number of aromatic nitrogens is 2. The van der Waals surface area contributed by atoms with Gasteiger partial charge in [-0.25, -0.2) is 4.98 Å². The summed E-state index contributed by atoms with van der Waals surface area (Å²) in [7, 11) is 3.23. The molecule has 0 atom stereocenters. The van der Waals surface area contributed by atoms with Crippen LogP contribution in [0, 0.1) is 0 Å². The largest absolute Gasteiger partial charge is 0.454 e. The zero-order valence-corrected chi connectivity index (χ0v) is 11.0. The van der Waals surface area contributed by atoms with Gasteiger partial charge in [0.25, 0.3) is 5.91 Å². The Bertz CT molecular complexity index is 412. The second kappa shape index (κ2) is 6.78. The molecule has 100 valence electrons. The Kier molecular flexibility index (Phi) is 5.35. The first kappa shape index (κ1) is 14.2. The van der Waals surface area contributed by atoms with Crippen LogP contribution in [-0.4, -0.2) is 47.0 Å². The van der Waals surface area contributed by atoms with Crippen LogP contribution in [0.1, 0.15) is 19.2 Å². The summed E-state index contributed by atoms with van der Waals surface area (Å²) in [6.45, 7) is 1.92. The van der Waals surface area contributed by atoms with Gasteiger partial charge in [0.15, 0.2) is 6.61 Å². The number of aryl methyl sites for hydroxylation is 1. The van der Waals surface area contributed by atoms with Crippen LogP contribution in [0.15, 0.2) is 12.4 Å². The average Bonchev–Trinajstić information content (AvgIpc) is 2.74. The molecule has 0 unspecified atom stereocenters. The van der Waals surface area contributed by atoms with Gasteiger partial charge in [-0.1, -0.05) is 6.92 Å². The van der Waals surface area contributed by atoms with E-state index in [-0.39, 0.29) is 19.1 Å². The molecule has 18 heavy (non-hydrogen) atoms. The lowest BCUT2D eigenvalue weighted by Gasteiger charge is -2.11. The lowest BCUT2D eigenvalue weighted by molar-refractivity contribution is -0.151. The van der Waals surface area contributed by atoms with Crippen molar-refractivity contribution < 1.29 is 14.3 Å². The number of rotatable bonds is 6. The SMILES string of the molecule is CCCc1nccn1CC(=O)OCC(=O)N(C)C. The molecule has 1 amide bonds. The van der Waals surface area contributed by atoms with Gasteiger partial charge in [-0.3, -0.25) is 9.59 Å². The number of carbonyl (C=O) groups is 2. The van der Waals surface area contributed by atoms with E-state index >= 15 is 0 Å². The second-order valence-electron chi connectivity index (χ2n) is 4.17. The van der Waals surface area contributed by atoms with E-state index in [2.05, 4.69) is 4.98 Å². The van der Waals surface area contributed by atoms with Gasteiger partial charge in [0.05, 0.1) is 0 Å². The first-order chi connectivity index (χ1) is 8.54. The summed E-state index contributed by atoms with van der Waals surface area (Å²) >= 11 is 0. The van der Waals surface area contributed by atoms with Crippen LogP contribution >= 0.6 is 0 Å². The molecular weight excluding hydrogens is 234 g/mol. The van der Waals surface area contributed by atoms with E-state index in [0.717, 1.165) is 18.7 Å². The Morgan fingerprint density at radius 2 is 2.17 bits per heavy atom. The Hall–Kier alpha value is -1.85. The molecule has 0 aliphatic heterocycles. The maximum Gasteiger partial charge on any atom is 0.326 e. The highest BCUT2D eigenvalue weighted by molar-refractivity contribution is 5.80. The lowest BCUT2D eigenvalue weighted by Crippen LogP contribution is -2.28. The van der Waals surface area contributed by atoms with Gasteiger partial charge in [0.2, 0.25) is 0 Å². The quantitative estimate of drug-likeness (QED) is 0.691. The smallest absolute Gasteiger partial charge is 0.326 e. The number of hydrogen-bond acceptors (Lipinski definition) is 4. The van der Waals surface area contributed by atoms with Gasteiger partial charge >= 0.3 is 5.97 Å². The molecule has 0 N–H and O–H groups in total. The molecule has 0 bridgehead atoms. The monoisotopic (exact) mass is 253 g/mol. The number of nitrogens with zero attached hydrogens (tertiary/aromatic N) is 3. The van der Waals surface area contributed by atoms with Crippen LogP contribution in [0.3, 0.4) is 0 Å². The summed E-state index contributed by atoms with van der Waals surface area (Å²) in [5.41, 5.74) is 0. The fourth-order valence-corrected chi connectivity index (χ4v) is 1.39. The van der Waals surface area contributed by atoms with Gasteiger partial charge in [-0.05, 0) is 6.42 Å². The molecule has 1 aromatic rings. The topological polar surface area (TPSA) is 64.4 Å². The van der Waals surface area contributed by atoms with E-state index in [1.165, 1.54) is 4.90 Å². The van der Waals surface area contributed by atoms with Crippen LogP contribution in [0.25, 0.3) is 0 Å². The first-order valence-electron chi connectivity index (χ1n) is 5.90. The standard InChI is InChI=1S/C12H19N3O3/c1-4-5-10-13-6-7-15(10)8-12(17)18-9-11(16)14(2)3/h6-7H,4-5,8-9H2,1-3H3. The predicted octanol–water partition coefficient (Wildman–Crippen LogP) is 0.467. The number of carbonyl (C=O) groups excluding carboxylic acids is 2. The minimum atomic E-state index is -0.430.